The summed E-state index contributed by atoms with van der Waals surface area (Å²) in [5.74, 6) is 0.795. The third-order valence-electron chi connectivity index (χ3n) is 4.63. The number of carbonyl (C=O) groups excluding carboxylic acids is 1. The van der Waals surface area contributed by atoms with Gasteiger partial charge < -0.3 is 9.15 Å². The molecule has 0 fully saturated rings. The minimum absolute atomic E-state index is 0.280. The first-order chi connectivity index (χ1) is 14.9. The van der Waals surface area contributed by atoms with Crippen molar-refractivity contribution in [1.82, 2.24) is 4.98 Å². The van der Waals surface area contributed by atoms with Gasteiger partial charge in [0.2, 0.25) is 5.91 Å². The van der Waals surface area contributed by atoms with Crippen LogP contribution in [-0.4, -0.2) is 18.0 Å². The maximum absolute atomic E-state index is 12.3. The number of hydrogen-bond donors (Lipinski definition) is 1. The lowest BCUT2D eigenvalue weighted by Crippen LogP contribution is -2.06. The smallest absolute Gasteiger partial charge is 0.250 e. The first kappa shape index (κ1) is 21.2. The Morgan fingerprint density at radius 2 is 1.97 bits per heavy atom. The van der Waals surface area contributed by atoms with Gasteiger partial charge in [-0.15, -0.1) is 11.3 Å². The van der Waals surface area contributed by atoms with Gasteiger partial charge in [0.05, 0.1) is 7.11 Å². The largest absolute Gasteiger partial charge is 0.493 e. The lowest BCUT2D eigenvalue weighted by Gasteiger charge is -2.03. The number of fused-ring (bicyclic) bond motifs is 1. The third-order valence-corrected chi connectivity index (χ3v) is 5.76. The number of nitrogens with zero attached hydrogens (tertiary/aromatic N) is 1. The number of benzene rings is 2. The van der Waals surface area contributed by atoms with Crippen LogP contribution in [0, 0.1) is 13.8 Å². The van der Waals surface area contributed by atoms with E-state index < -0.39 is 0 Å². The van der Waals surface area contributed by atoms with E-state index in [1.165, 1.54) is 34.1 Å². The number of rotatable bonds is 6. The lowest BCUT2D eigenvalue weighted by atomic mass is 10.0. The van der Waals surface area contributed by atoms with Crippen molar-refractivity contribution in [2.45, 2.75) is 20.3 Å². The second-order valence-electron chi connectivity index (χ2n) is 7.30. The van der Waals surface area contributed by atoms with Crippen molar-refractivity contribution in [3.05, 3.63) is 81.0 Å². The van der Waals surface area contributed by atoms with Gasteiger partial charge in [-0.05, 0) is 37.6 Å². The minimum Gasteiger partial charge on any atom is -0.493 e. The summed E-state index contributed by atoms with van der Waals surface area (Å²) in [5, 5.41) is 4.72. The first-order valence-electron chi connectivity index (χ1n) is 9.67. The van der Waals surface area contributed by atoms with Crippen LogP contribution in [-0.2, 0) is 11.2 Å². The molecule has 7 heteroatoms. The molecule has 31 heavy (non-hydrogen) atoms. The van der Waals surface area contributed by atoms with E-state index in [9.17, 15) is 4.79 Å². The number of furan rings is 1. The van der Waals surface area contributed by atoms with Crippen molar-refractivity contribution in [3.63, 3.8) is 0 Å². The molecule has 158 valence electrons. The summed E-state index contributed by atoms with van der Waals surface area (Å²) in [6.45, 7) is 4.18. The fourth-order valence-corrected chi connectivity index (χ4v) is 4.53. The number of amides is 1. The highest BCUT2D eigenvalue weighted by Gasteiger charge is 2.10. The summed E-state index contributed by atoms with van der Waals surface area (Å²) < 4.78 is 11.1. The number of nitrogens with one attached hydrogen (secondary N) is 1. The number of carbonyl (C=O) groups is 1. The predicted molar refractivity (Wildman–Crippen MR) is 126 cm³/mol. The molecule has 0 bridgehead atoms. The van der Waals surface area contributed by atoms with E-state index in [2.05, 4.69) is 42.3 Å². The Balaban J connectivity index is 1.42. The lowest BCUT2D eigenvalue weighted by molar-refractivity contribution is -0.111. The number of thiazole rings is 1. The fraction of sp³-hybridized carbons (Fsp3) is 0.167. The molecule has 0 aliphatic carbocycles. The number of halogens is 1. The maximum atomic E-state index is 12.3. The van der Waals surface area contributed by atoms with Crippen molar-refractivity contribution in [3.8, 4) is 5.75 Å². The van der Waals surface area contributed by atoms with Gasteiger partial charge in [-0.2, -0.15) is 0 Å². The van der Waals surface area contributed by atoms with Crippen LogP contribution in [0.5, 0.6) is 5.75 Å². The molecule has 2 aromatic heterocycles. The van der Waals surface area contributed by atoms with Crippen LogP contribution in [0.2, 0.25) is 5.02 Å². The second-order valence-corrected chi connectivity index (χ2v) is 8.85. The third kappa shape index (κ3) is 5.16. The van der Waals surface area contributed by atoms with Gasteiger partial charge in [0.1, 0.15) is 5.76 Å². The molecule has 0 saturated carbocycles. The summed E-state index contributed by atoms with van der Waals surface area (Å²) in [4.78, 5) is 17.7. The molecule has 4 aromatic rings. The summed E-state index contributed by atoms with van der Waals surface area (Å²) in [6, 6.07) is 11.8. The van der Waals surface area contributed by atoms with E-state index >= 15 is 0 Å². The SMILES string of the molecule is COc1cc(Cl)cc2cc(/C=C/C(=O)Nc3ncc(Cc4cc(C)cc(C)c4)s3)oc12. The Morgan fingerprint density at radius 3 is 2.71 bits per heavy atom. The van der Waals surface area contributed by atoms with Crippen LogP contribution >= 0.6 is 22.9 Å². The molecule has 4 rings (SSSR count). The van der Waals surface area contributed by atoms with Crippen LogP contribution < -0.4 is 10.1 Å². The highest BCUT2D eigenvalue weighted by Crippen LogP contribution is 2.32. The molecule has 2 aromatic carbocycles. The summed E-state index contributed by atoms with van der Waals surface area (Å²) >= 11 is 7.56. The zero-order chi connectivity index (χ0) is 22.0. The van der Waals surface area contributed by atoms with E-state index in [-0.39, 0.29) is 5.91 Å². The Labute approximate surface area is 189 Å². The van der Waals surface area contributed by atoms with Gasteiger partial charge in [0, 0.05) is 40.0 Å². The molecule has 0 atom stereocenters. The molecule has 0 unspecified atom stereocenters. The highest BCUT2D eigenvalue weighted by atomic mass is 35.5. The summed E-state index contributed by atoms with van der Waals surface area (Å²) in [6.07, 6.45) is 5.61. The average Bonchev–Trinajstić information content (AvgIpc) is 3.31. The zero-order valence-corrected chi connectivity index (χ0v) is 18.9. The van der Waals surface area contributed by atoms with E-state index in [1.54, 1.807) is 37.6 Å². The van der Waals surface area contributed by atoms with Gasteiger partial charge in [0.15, 0.2) is 16.5 Å². The van der Waals surface area contributed by atoms with E-state index in [4.69, 9.17) is 20.8 Å². The van der Waals surface area contributed by atoms with Crippen LogP contribution in [0.15, 0.2) is 53.1 Å². The zero-order valence-electron chi connectivity index (χ0n) is 17.4. The topological polar surface area (TPSA) is 64.4 Å². The molecule has 0 saturated heterocycles. The number of hydrogen-bond acceptors (Lipinski definition) is 5. The average molecular weight is 453 g/mol. The van der Waals surface area contributed by atoms with Crippen LogP contribution in [0.3, 0.4) is 0 Å². The summed E-state index contributed by atoms with van der Waals surface area (Å²) in [7, 11) is 1.55. The molecule has 0 aliphatic rings. The standard InChI is InChI=1S/C24H21ClN2O3S/c1-14-6-15(2)8-16(7-14)9-20-13-26-24(31-20)27-22(28)5-4-19-11-17-10-18(25)12-21(29-3)23(17)30-19/h4-8,10-13H,9H2,1-3H3,(H,26,27,28)/b5-4+. The van der Waals surface area contributed by atoms with Crippen molar-refractivity contribution in [2.75, 3.05) is 12.4 Å². The predicted octanol–water partition coefficient (Wildman–Crippen LogP) is 6.41. The second kappa shape index (κ2) is 8.96. The molecule has 0 aliphatic heterocycles. The quantitative estimate of drug-likeness (QED) is 0.343. The van der Waals surface area contributed by atoms with Gasteiger partial charge in [-0.3, -0.25) is 10.1 Å². The Kier molecular flexibility index (Phi) is 6.11. The number of methoxy groups -OCH3 is 1. The summed E-state index contributed by atoms with van der Waals surface area (Å²) in [5.41, 5.74) is 4.30. The van der Waals surface area contributed by atoms with Gasteiger partial charge in [-0.1, -0.05) is 40.9 Å². The van der Waals surface area contributed by atoms with E-state index in [0.29, 0.717) is 27.2 Å². The van der Waals surface area contributed by atoms with Crippen molar-refractivity contribution in [2.24, 2.45) is 0 Å². The number of aromatic nitrogens is 1. The van der Waals surface area contributed by atoms with E-state index in [0.717, 1.165) is 16.7 Å². The molecular formula is C24H21ClN2O3S. The minimum atomic E-state index is -0.280. The van der Waals surface area contributed by atoms with Crippen LogP contribution in [0.25, 0.3) is 17.0 Å². The van der Waals surface area contributed by atoms with Gasteiger partial charge in [-0.25, -0.2) is 4.98 Å². The first-order valence-corrected chi connectivity index (χ1v) is 10.9. The van der Waals surface area contributed by atoms with Crippen molar-refractivity contribution >= 4 is 51.0 Å². The molecule has 1 amide bonds. The van der Waals surface area contributed by atoms with Crippen molar-refractivity contribution in [1.29, 1.82) is 0 Å². The molecule has 2 heterocycles. The van der Waals surface area contributed by atoms with Gasteiger partial charge in [0.25, 0.3) is 0 Å². The Hall–Kier alpha value is -3.09. The van der Waals surface area contributed by atoms with Crippen LogP contribution in [0.1, 0.15) is 27.3 Å². The maximum Gasteiger partial charge on any atom is 0.250 e. The van der Waals surface area contributed by atoms with Crippen molar-refractivity contribution < 1.29 is 13.9 Å². The molecule has 0 spiro atoms. The number of anilines is 1. The normalized spacial score (nSPS) is 11.4. The van der Waals surface area contributed by atoms with E-state index in [1.807, 2.05) is 0 Å². The fourth-order valence-electron chi connectivity index (χ4n) is 3.46. The van der Waals surface area contributed by atoms with Gasteiger partial charge >= 0.3 is 0 Å². The Morgan fingerprint density at radius 1 is 1.19 bits per heavy atom. The highest BCUT2D eigenvalue weighted by molar-refractivity contribution is 7.15. The number of aryl methyl sites for hydroxylation is 2. The molecule has 0 radical (unpaired) electrons. The molecule has 5 nitrogen and oxygen atoms in total. The monoisotopic (exact) mass is 452 g/mol. The molecule has 1 N–H and O–H groups in total. The van der Waals surface area contributed by atoms with Crippen LogP contribution in [0.4, 0.5) is 5.13 Å². The molecular weight excluding hydrogens is 432 g/mol. The Bertz CT molecular complexity index is 1270. The number of ether oxygens (including phenoxy) is 1.